The molecule has 2 nitrogen and oxygen atoms in total. The van der Waals surface area contributed by atoms with E-state index in [0.29, 0.717) is 6.42 Å². The first-order valence-electron chi connectivity index (χ1n) is 6.49. The monoisotopic (exact) mass is 315 g/mol. The van der Waals surface area contributed by atoms with E-state index >= 15 is 0 Å². The molecule has 2 atom stereocenters. The van der Waals surface area contributed by atoms with Gasteiger partial charge in [-0.2, -0.15) is 0 Å². The first-order valence-corrected chi connectivity index (χ1v) is 7.29. The van der Waals surface area contributed by atoms with Crippen molar-refractivity contribution in [3.05, 3.63) is 34.1 Å². The van der Waals surface area contributed by atoms with Gasteiger partial charge >= 0.3 is 0 Å². The molecule has 1 fully saturated rings. The third-order valence-corrected chi connectivity index (χ3v) is 3.83. The van der Waals surface area contributed by atoms with Crippen LogP contribution in [-0.4, -0.2) is 25.3 Å². The lowest BCUT2D eigenvalue weighted by Gasteiger charge is -2.24. The van der Waals surface area contributed by atoms with Crippen LogP contribution in [0, 0.1) is 5.82 Å². The summed E-state index contributed by atoms with van der Waals surface area (Å²) in [5, 5.41) is 3.41. The van der Waals surface area contributed by atoms with E-state index in [1.807, 2.05) is 12.1 Å². The molecule has 1 aliphatic heterocycles. The smallest absolute Gasteiger partial charge is 0.127 e. The summed E-state index contributed by atoms with van der Waals surface area (Å²) in [6, 6.07) is 5.46. The lowest BCUT2D eigenvalue weighted by atomic mass is 9.99. The van der Waals surface area contributed by atoms with E-state index in [1.54, 1.807) is 0 Å². The first kappa shape index (κ1) is 14.0. The van der Waals surface area contributed by atoms with Crippen molar-refractivity contribution in [3.63, 3.8) is 0 Å². The summed E-state index contributed by atoms with van der Waals surface area (Å²) in [5.74, 6) is -0.148. The fourth-order valence-electron chi connectivity index (χ4n) is 2.44. The Kier molecular flexibility index (Phi) is 5.15. The third-order valence-electron chi connectivity index (χ3n) is 3.33. The molecule has 0 bridgehead atoms. The second kappa shape index (κ2) is 6.64. The fourth-order valence-corrected chi connectivity index (χ4v) is 2.77. The summed E-state index contributed by atoms with van der Waals surface area (Å²) >= 11 is 3.28. The molecule has 0 aromatic heterocycles. The molecular weight excluding hydrogens is 297 g/mol. The van der Waals surface area contributed by atoms with Gasteiger partial charge in [0, 0.05) is 17.1 Å². The molecule has 0 radical (unpaired) electrons. The molecule has 1 heterocycles. The highest BCUT2D eigenvalue weighted by atomic mass is 79.9. The Morgan fingerprint density at radius 3 is 3.00 bits per heavy atom. The van der Waals surface area contributed by atoms with Gasteiger partial charge in [-0.15, -0.1) is 0 Å². The van der Waals surface area contributed by atoms with E-state index < -0.39 is 0 Å². The molecule has 1 aliphatic rings. The number of hydrogen-bond acceptors (Lipinski definition) is 2. The highest BCUT2D eigenvalue weighted by Gasteiger charge is 2.26. The molecule has 100 valence electrons. The highest BCUT2D eigenvalue weighted by Crippen LogP contribution is 2.21. The average Bonchev–Trinajstić information content (AvgIpc) is 2.85. The Labute approximate surface area is 116 Å². The van der Waals surface area contributed by atoms with Gasteiger partial charge in [-0.1, -0.05) is 28.9 Å². The van der Waals surface area contributed by atoms with Crippen molar-refractivity contribution in [3.8, 4) is 0 Å². The molecule has 1 saturated heterocycles. The van der Waals surface area contributed by atoms with E-state index in [4.69, 9.17) is 4.74 Å². The van der Waals surface area contributed by atoms with Crippen LogP contribution in [0.1, 0.15) is 25.3 Å². The highest BCUT2D eigenvalue weighted by molar-refractivity contribution is 9.10. The predicted octanol–water partition coefficient (Wildman–Crippen LogP) is 3.29. The van der Waals surface area contributed by atoms with Gasteiger partial charge in [-0.25, -0.2) is 4.39 Å². The Morgan fingerprint density at radius 1 is 1.56 bits per heavy atom. The van der Waals surface area contributed by atoms with Crippen LogP contribution in [-0.2, 0) is 11.2 Å². The Balaban J connectivity index is 2.07. The molecule has 0 amide bonds. The van der Waals surface area contributed by atoms with Crippen LogP contribution in [0.5, 0.6) is 0 Å². The predicted molar refractivity (Wildman–Crippen MR) is 74.2 cm³/mol. The summed E-state index contributed by atoms with van der Waals surface area (Å²) in [4.78, 5) is 0. The van der Waals surface area contributed by atoms with Crippen molar-refractivity contribution >= 4 is 15.9 Å². The average molecular weight is 316 g/mol. The number of rotatable bonds is 5. The van der Waals surface area contributed by atoms with Crippen molar-refractivity contribution in [1.29, 1.82) is 0 Å². The summed E-state index contributed by atoms with van der Waals surface area (Å²) < 4.78 is 20.3. The number of likely N-dealkylation sites (N-methyl/N-ethyl adjacent to an activating group) is 1. The number of benzene rings is 1. The molecule has 4 heteroatoms. The summed E-state index contributed by atoms with van der Waals surface area (Å²) in [7, 11) is 0. The van der Waals surface area contributed by atoms with Crippen LogP contribution in [0.3, 0.4) is 0 Å². The first-order chi connectivity index (χ1) is 8.70. The van der Waals surface area contributed by atoms with Crippen molar-refractivity contribution in [2.24, 2.45) is 0 Å². The molecule has 1 aromatic carbocycles. The molecule has 1 N–H and O–H groups in total. The van der Waals surface area contributed by atoms with Crippen LogP contribution in [0.2, 0.25) is 0 Å². The van der Waals surface area contributed by atoms with Gasteiger partial charge in [-0.05, 0) is 43.5 Å². The number of ether oxygens (including phenoxy) is 1. The largest absolute Gasteiger partial charge is 0.377 e. The summed E-state index contributed by atoms with van der Waals surface area (Å²) in [6.07, 6.45) is 3.07. The second-order valence-electron chi connectivity index (χ2n) is 4.66. The maximum absolute atomic E-state index is 13.8. The van der Waals surface area contributed by atoms with Crippen LogP contribution in [0.15, 0.2) is 22.7 Å². The molecule has 1 aromatic rings. The van der Waals surface area contributed by atoms with Crippen molar-refractivity contribution < 1.29 is 9.13 Å². The molecule has 2 rings (SSSR count). The minimum Gasteiger partial charge on any atom is -0.377 e. The van der Waals surface area contributed by atoms with Crippen molar-refractivity contribution in [2.45, 2.75) is 38.3 Å². The number of halogens is 2. The van der Waals surface area contributed by atoms with Crippen molar-refractivity contribution in [1.82, 2.24) is 5.32 Å². The van der Waals surface area contributed by atoms with Crippen LogP contribution in [0.4, 0.5) is 4.39 Å². The SMILES string of the molecule is CCNC(Cc1ccc(Br)cc1F)C1CCCO1. The minimum absolute atomic E-state index is 0.148. The molecule has 2 unspecified atom stereocenters. The maximum atomic E-state index is 13.8. The van der Waals surface area contributed by atoms with Gasteiger partial charge in [0.15, 0.2) is 0 Å². The second-order valence-corrected chi connectivity index (χ2v) is 5.57. The normalized spacial score (nSPS) is 21.2. The lowest BCUT2D eigenvalue weighted by Crippen LogP contribution is -2.41. The molecule has 0 spiro atoms. The van der Waals surface area contributed by atoms with E-state index in [-0.39, 0.29) is 18.0 Å². The summed E-state index contributed by atoms with van der Waals surface area (Å²) in [5.41, 5.74) is 0.750. The topological polar surface area (TPSA) is 21.3 Å². The van der Waals surface area contributed by atoms with Crippen molar-refractivity contribution in [2.75, 3.05) is 13.2 Å². The van der Waals surface area contributed by atoms with Crippen LogP contribution in [0.25, 0.3) is 0 Å². The number of nitrogens with one attached hydrogen (secondary N) is 1. The van der Waals surface area contributed by atoms with Gasteiger partial charge in [0.25, 0.3) is 0 Å². The van der Waals surface area contributed by atoms with Gasteiger partial charge in [0.05, 0.1) is 6.10 Å². The molecular formula is C14H19BrFNO. The third kappa shape index (κ3) is 3.53. The van der Waals surface area contributed by atoms with Gasteiger partial charge in [-0.3, -0.25) is 0 Å². The Hall–Kier alpha value is -0.450. The quantitative estimate of drug-likeness (QED) is 0.900. The molecule has 18 heavy (non-hydrogen) atoms. The molecule has 0 aliphatic carbocycles. The van der Waals surface area contributed by atoms with Gasteiger partial charge < -0.3 is 10.1 Å². The van der Waals surface area contributed by atoms with Gasteiger partial charge in [0.2, 0.25) is 0 Å². The van der Waals surface area contributed by atoms with Crippen LogP contribution < -0.4 is 5.32 Å². The summed E-state index contributed by atoms with van der Waals surface area (Å²) in [6.45, 7) is 3.78. The lowest BCUT2D eigenvalue weighted by molar-refractivity contribution is 0.0786. The van der Waals surface area contributed by atoms with E-state index in [1.165, 1.54) is 6.07 Å². The van der Waals surface area contributed by atoms with E-state index in [9.17, 15) is 4.39 Å². The van der Waals surface area contributed by atoms with Gasteiger partial charge in [0.1, 0.15) is 5.82 Å². The van der Waals surface area contributed by atoms with E-state index in [2.05, 4.69) is 28.2 Å². The zero-order valence-corrected chi connectivity index (χ0v) is 12.2. The zero-order chi connectivity index (χ0) is 13.0. The number of hydrogen-bond donors (Lipinski definition) is 1. The Bertz CT molecular complexity index is 393. The maximum Gasteiger partial charge on any atom is 0.127 e. The Morgan fingerprint density at radius 2 is 2.39 bits per heavy atom. The van der Waals surface area contributed by atoms with E-state index in [0.717, 1.165) is 36.0 Å². The minimum atomic E-state index is -0.148. The molecule has 0 saturated carbocycles. The fraction of sp³-hybridized carbons (Fsp3) is 0.571. The van der Waals surface area contributed by atoms with Crippen LogP contribution >= 0.6 is 15.9 Å². The standard InChI is InChI=1S/C14H19BrFNO/c1-2-17-13(14-4-3-7-18-14)8-10-5-6-11(15)9-12(10)16/h5-6,9,13-14,17H,2-4,7-8H2,1H3. The zero-order valence-electron chi connectivity index (χ0n) is 10.6.